The molecule has 2 unspecified atom stereocenters. The molecule has 2 N–H and O–H groups in total. The Balaban J connectivity index is 2.01. The summed E-state index contributed by atoms with van der Waals surface area (Å²) in [6, 6.07) is 13.0. The molecular weight excluding hydrogens is 328 g/mol. The molecule has 0 bridgehead atoms. The van der Waals surface area contributed by atoms with E-state index in [2.05, 4.69) is 38.3 Å². The molecule has 0 radical (unpaired) electrons. The molecule has 0 saturated heterocycles. The van der Waals surface area contributed by atoms with Crippen molar-refractivity contribution in [1.29, 1.82) is 0 Å². The third-order valence-corrected chi connectivity index (χ3v) is 4.04. The van der Waals surface area contributed by atoms with Gasteiger partial charge in [0.15, 0.2) is 0 Å². The molecule has 2 aromatic rings. The number of carbonyl (C=O) groups is 1. The SMILES string of the molecule is CC(C)COCC(NC(=O)NC(c1ccccc1)C(C)C)c1ccco1. The molecule has 5 heteroatoms. The maximum Gasteiger partial charge on any atom is 0.315 e. The van der Waals surface area contributed by atoms with Crippen LogP contribution in [0.1, 0.15) is 51.1 Å². The first-order valence-corrected chi connectivity index (χ1v) is 9.20. The van der Waals surface area contributed by atoms with Gasteiger partial charge < -0.3 is 19.8 Å². The maximum atomic E-state index is 12.6. The second-order valence-corrected chi connectivity index (χ2v) is 7.25. The van der Waals surface area contributed by atoms with E-state index in [1.165, 1.54) is 0 Å². The number of amides is 2. The van der Waals surface area contributed by atoms with Gasteiger partial charge >= 0.3 is 6.03 Å². The molecule has 1 aromatic heterocycles. The Morgan fingerprint density at radius 1 is 1.00 bits per heavy atom. The number of urea groups is 1. The summed E-state index contributed by atoms with van der Waals surface area (Å²) in [4.78, 5) is 12.6. The van der Waals surface area contributed by atoms with Crippen LogP contribution in [0.25, 0.3) is 0 Å². The van der Waals surface area contributed by atoms with Crippen LogP contribution in [0.15, 0.2) is 53.1 Å². The quantitative estimate of drug-likeness (QED) is 0.683. The molecule has 142 valence electrons. The maximum absolute atomic E-state index is 12.6. The molecule has 0 aliphatic carbocycles. The largest absolute Gasteiger partial charge is 0.467 e. The minimum absolute atomic E-state index is 0.0648. The van der Waals surface area contributed by atoms with Gasteiger partial charge in [-0.05, 0) is 29.5 Å². The van der Waals surface area contributed by atoms with E-state index in [9.17, 15) is 4.79 Å². The van der Waals surface area contributed by atoms with Gasteiger partial charge in [-0.15, -0.1) is 0 Å². The first-order chi connectivity index (χ1) is 12.5. The van der Waals surface area contributed by atoms with Crippen molar-refractivity contribution in [3.8, 4) is 0 Å². The first-order valence-electron chi connectivity index (χ1n) is 9.20. The van der Waals surface area contributed by atoms with E-state index < -0.39 is 0 Å². The zero-order valence-electron chi connectivity index (χ0n) is 16.1. The number of hydrogen-bond acceptors (Lipinski definition) is 3. The minimum atomic E-state index is -0.327. The van der Waals surface area contributed by atoms with Crippen molar-refractivity contribution in [3.63, 3.8) is 0 Å². The van der Waals surface area contributed by atoms with Crippen molar-refractivity contribution in [3.05, 3.63) is 60.1 Å². The summed E-state index contributed by atoms with van der Waals surface area (Å²) >= 11 is 0. The van der Waals surface area contributed by atoms with Gasteiger partial charge in [0, 0.05) is 6.61 Å². The molecule has 0 aliphatic rings. The lowest BCUT2D eigenvalue weighted by Gasteiger charge is -2.25. The van der Waals surface area contributed by atoms with Crippen LogP contribution in [0.4, 0.5) is 4.79 Å². The van der Waals surface area contributed by atoms with Crippen LogP contribution in [0.5, 0.6) is 0 Å². The van der Waals surface area contributed by atoms with E-state index in [1.54, 1.807) is 6.26 Å². The highest BCUT2D eigenvalue weighted by atomic mass is 16.5. The van der Waals surface area contributed by atoms with Crippen molar-refractivity contribution in [1.82, 2.24) is 10.6 Å². The zero-order chi connectivity index (χ0) is 18.9. The Morgan fingerprint density at radius 2 is 1.73 bits per heavy atom. The molecule has 2 amide bonds. The normalized spacial score (nSPS) is 13.6. The van der Waals surface area contributed by atoms with E-state index in [1.807, 2.05) is 42.5 Å². The van der Waals surface area contributed by atoms with Crippen LogP contribution >= 0.6 is 0 Å². The average Bonchev–Trinajstić information content (AvgIpc) is 3.13. The minimum Gasteiger partial charge on any atom is -0.467 e. The number of nitrogens with one attached hydrogen (secondary N) is 2. The van der Waals surface area contributed by atoms with E-state index in [0.717, 1.165) is 5.56 Å². The fourth-order valence-electron chi connectivity index (χ4n) is 2.74. The highest BCUT2D eigenvalue weighted by Crippen LogP contribution is 2.21. The molecule has 0 aliphatic heterocycles. The Bertz CT molecular complexity index is 639. The molecule has 26 heavy (non-hydrogen) atoms. The van der Waals surface area contributed by atoms with Crippen LogP contribution < -0.4 is 10.6 Å². The predicted octanol–water partition coefficient (Wildman–Crippen LogP) is 4.69. The second-order valence-electron chi connectivity index (χ2n) is 7.25. The molecule has 0 spiro atoms. The monoisotopic (exact) mass is 358 g/mol. The molecule has 1 heterocycles. The highest BCUT2D eigenvalue weighted by molar-refractivity contribution is 5.75. The lowest BCUT2D eigenvalue weighted by Crippen LogP contribution is -2.42. The highest BCUT2D eigenvalue weighted by Gasteiger charge is 2.22. The number of furan rings is 1. The average molecular weight is 358 g/mol. The predicted molar refractivity (Wildman–Crippen MR) is 103 cm³/mol. The van der Waals surface area contributed by atoms with E-state index in [4.69, 9.17) is 9.15 Å². The Kier molecular flexibility index (Phi) is 7.73. The summed E-state index contributed by atoms with van der Waals surface area (Å²) < 4.78 is 11.2. The smallest absolute Gasteiger partial charge is 0.315 e. The van der Waals surface area contributed by atoms with Crippen LogP contribution in [0.2, 0.25) is 0 Å². The van der Waals surface area contributed by atoms with Gasteiger partial charge in [-0.1, -0.05) is 58.0 Å². The summed E-state index contributed by atoms with van der Waals surface area (Å²) in [7, 11) is 0. The standard InChI is InChI=1S/C21H30N2O3/c1-15(2)13-25-14-18(19-11-8-12-26-19)22-21(24)23-20(16(3)4)17-9-6-5-7-10-17/h5-12,15-16,18,20H,13-14H2,1-4H3,(H2,22,23,24). The van der Waals surface area contributed by atoms with Crippen LogP contribution in [0.3, 0.4) is 0 Å². The lowest BCUT2D eigenvalue weighted by molar-refractivity contribution is 0.0865. The third kappa shape index (κ3) is 6.23. The van der Waals surface area contributed by atoms with E-state index in [-0.39, 0.29) is 24.0 Å². The summed E-state index contributed by atoms with van der Waals surface area (Å²) in [5.41, 5.74) is 1.09. The number of carbonyl (C=O) groups excluding carboxylic acids is 1. The molecule has 0 saturated carbocycles. The molecule has 2 rings (SSSR count). The number of benzene rings is 1. The fourth-order valence-corrected chi connectivity index (χ4v) is 2.74. The van der Waals surface area contributed by atoms with Gasteiger partial charge in [-0.3, -0.25) is 0 Å². The Hall–Kier alpha value is -2.27. The van der Waals surface area contributed by atoms with Crippen molar-refractivity contribution in [2.24, 2.45) is 11.8 Å². The molecule has 5 nitrogen and oxygen atoms in total. The number of rotatable bonds is 9. The van der Waals surface area contributed by atoms with Crippen LogP contribution in [-0.2, 0) is 4.74 Å². The zero-order valence-corrected chi connectivity index (χ0v) is 16.1. The molecule has 1 aromatic carbocycles. The molecule has 0 fully saturated rings. The fraction of sp³-hybridized carbons (Fsp3) is 0.476. The van der Waals surface area contributed by atoms with Crippen molar-refractivity contribution >= 4 is 6.03 Å². The van der Waals surface area contributed by atoms with Crippen molar-refractivity contribution < 1.29 is 13.9 Å². The molecule has 2 atom stereocenters. The summed E-state index contributed by atoms with van der Waals surface area (Å²) in [6.45, 7) is 9.38. The van der Waals surface area contributed by atoms with Crippen molar-refractivity contribution in [2.75, 3.05) is 13.2 Å². The first kappa shape index (κ1) is 20.0. The Labute approximate surface area is 156 Å². The van der Waals surface area contributed by atoms with Crippen molar-refractivity contribution in [2.45, 2.75) is 39.8 Å². The van der Waals surface area contributed by atoms with Crippen LogP contribution in [-0.4, -0.2) is 19.2 Å². The summed E-state index contributed by atoms with van der Waals surface area (Å²) in [5, 5.41) is 6.06. The topological polar surface area (TPSA) is 63.5 Å². The van der Waals surface area contributed by atoms with E-state index >= 15 is 0 Å². The van der Waals surface area contributed by atoms with Gasteiger partial charge in [0.2, 0.25) is 0 Å². The van der Waals surface area contributed by atoms with Gasteiger partial charge in [-0.25, -0.2) is 4.79 Å². The number of hydrogen-bond donors (Lipinski definition) is 2. The number of ether oxygens (including phenoxy) is 1. The van der Waals surface area contributed by atoms with Gasteiger partial charge in [0.25, 0.3) is 0 Å². The van der Waals surface area contributed by atoms with E-state index in [0.29, 0.717) is 24.9 Å². The lowest BCUT2D eigenvalue weighted by atomic mass is 9.96. The summed E-state index contributed by atoms with van der Waals surface area (Å²) in [5.74, 6) is 1.39. The van der Waals surface area contributed by atoms with Gasteiger partial charge in [-0.2, -0.15) is 0 Å². The van der Waals surface area contributed by atoms with Gasteiger partial charge in [0.05, 0.1) is 18.9 Å². The Morgan fingerprint density at radius 3 is 2.31 bits per heavy atom. The second kappa shape index (κ2) is 10.0. The summed E-state index contributed by atoms with van der Waals surface area (Å²) in [6.07, 6.45) is 1.60. The molecular formula is C21H30N2O3. The van der Waals surface area contributed by atoms with Crippen LogP contribution in [0, 0.1) is 11.8 Å². The van der Waals surface area contributed by atoms with Gasteiger partial charge in [0.1, 0.15) is 11.8 Å². The third-order valence-electron chi connectivity index (χ3n) is 4.04.